The van der Waals surface area contributed by atoms with E-state index in [9.17, 15) is 0 Å². The molecular formula is C50H31NO2. The molecule has 0 spiro atoms. The van der Waals surface area contributed by atoms with Gasteiger partial charge in [0, 0.05) is 38.3 Å². The summed E-state index contributed by atoms with van der Waals surface area (Å²) in [5, 5.41) is 9.04. The van der Waals surface area contributed by atoms with Crippen molar-refractivity contribution in [3.8, 4) is 22.3 Å². The third kappa shape index (κ3) is 4.68. The molecule has 0 saturated heterocycles. The summed E-state index contributed by atoms with van der Waals surface area (Å²) in [6, 6.07) is 66.7. The Bertz CT molecular complexity index is 3150. The van der Waals surface area contributed by atoms with Gasteiger partial charge in [0.15, 0.2) is 0 Å². The van der Waals surface area contributed by atoms with Crippen LogP contribution in [-0.2, 0) is 0 Å². The molecule has 2 aromatic heterocycles. The molecule has 9 aromatic carbocycles. The van der Waals surface area contributed by atoms with Crippen molar-refractivity contribution in [1.29, 1.82) is 0 Å². The van der Waals surface area contributed by atoms with Gasteiger partial charge >= 0.3 is 0 Å². The molecule has 0 aliphatic heterocycles. The van der Waals surface area contributed by atoms with Crippen LogP contribution in [0.15, 0.2) is 197 Å². The van der Waals surface area contributed by atoms with E-state index in [1.807, 2.05) is 0 Å². The van der Waals surface area contributed by atoms with Crippen LogP contribution in [0.25, 0.3) is 87.7 Å². The molecule has 0 N–H and O–H groups in total. The first-order valence-electron chi connectivity index (χ1n) is 18.0. The average Bonchev–Trinajstić information content (AvgIpc) is 3.82. The maximum Gasteiger partial charge on any atom is 0.143 e. The number of fused-ring (bicyclic) bond motifs is 10. The number of hydrogen-bond donors (Lipinski definition) is 0. The van der Waals surface area contributed by atoms with Gasteiger partial charge in [0.2, 0.25) is 0 Å². The van der Waals surface area contributed by atoms with Crippen LogP contribution in [0.1, 0.15) is 0 Å². The molecule has 0 saturated carbocycles. The Kier molecular flexibility index (Phi) is 6.55. The Morgan fingerprint density at radius 3 is 1.47 bits per heavy atom. The first-order valence-corrected chi connectivity index (χ1v) is 18.0. The normalized spacial score (nSPS) is 11.8. The van der Waals surface area contributed by atoms with E-state index in [1.165, 1.54) is 16.5 Å². The summed E-state index contributed by atoms with van der Waals surface area (Å²) < 4.78 is 13.2. The van der Waals surface area contributed by atoms with E-state index < -0.39 is 0 Å². The average molecular weight is 678 g/mol. The molecule has 53 heavy (non-hydrogen) atoms. The zero-order chi connectivity index (χ0) is 34.9. The molecule has 0 fully saturated rings. The number of rotatable bonds is 5. The molecule has 248 valence electrons. The second-order valence-electron chi connectivity index (χ2n) is 13.7. The molecule has 0 unspecified atom stereocenters. The molecule has 11 rings (SSSR count). The van der Waals surface area contributed by atoms with Crippen LogP contribution >= 0.6 is 0 Å². The predicted molar refractivity (Wildman–Crippen MR) is 222 cm³/mol. The van der Waals surface area contributed by atoms with Crippen LogP contribution in [0.2, 0.25) is 0 Å². The lowest BCUT2D eigenvalue weighted by atomic mass is 9.97. The summed E-state index contributed by atoms with van der Waals surface area (Å²) >= 11 is 0. The van der Waals surface area contributed by atoms with Crippen molar-refractivity contribution in [3.05, 3.63) is 188 Å². The van der Waals surface area contributed by atoms with Gasteiger partial charge in [0.25, 0.3) is 0 Å². The summed E-state index contributed by atoms with van der Waals surface area (Å²) in [7, 11) is 0. The van der Waals surface area contributed by atoms with E-state index in [0.717, 1.165) is 88.2 Å². The first kappa shape index (κ1) is 29.6. The van der Waals surface area contributed by atoms with Crippen molar-refractivity contribution < 1.29 is 8.83 Å². The maximum absolute atomic E-state index is 6.64. The van der Waals surface area contributed by atoms with Crippen molar-refractivity contribution in [2.75, 3.05) is 4.90 Å². The molecular weight excluding hydrogens is 647 g/mol. The molecule has 0 amide bonds. The van der Waals surface area contributed by atoms with Gasteiger partial charge in [-0.15, -0.1) is 0 Å². The number of furan rings is 2. The second kappa shape index (κ2) is 11.7. The highest BCUT2D eigenvalue weighted by molar-refractivity contribution is 6.20. The van der Waals surface area contributed by atoms with Gasteiger partial charge in [-0.1, -0.05) is 133 Å². The molecule has 0 bridgehead atoms. The van der Waals surface area contributed by atoms with Crippen LogP contribution in [-0.4, -0.2) is 0 Å². The third-order valence-corrected chi connectivity index (χ3v) is 10.7. The van der Waals surface area contributed by atoms with Gasteiger partial charge in [-0.2, -0.15) is 0 Å². The second-order valence-corrected chi connectivity index (χ2v) is 13.7. The van der Waals surface area contributed by atoms with Crippen LogP contribution in [0.3, 0.4) is 0 Å². The van der Waals surface area contributed by atoms with Crippen LogP contribution in [0.4, 0.5) is 17.1 Å². The van der Waals surface area contributed by atoms with E-state index in [0.29, 0.717) is 0 Å². The fraction of sp³-hybridized carbons (Fsp3) is 0. The van der Waals surface area contributed by atoms with Gasteiger partial charge in [0.1, 0.15) is 22.3 Å². The highest BCUT2D eigenvalue weighted by atomic mass is 16.3. The zero-order valence-electron chi connectivity index (χ0n) is 28.7. The summed E-state index contributed by atoms with van der Waals surface area (Å²) in [4.78, 5) is 2.35. The van der Waals surface area contributed by atoms with E-state index in [1.54, 1.807) is 0 Å². The zero-order valence-corrected chi connectivity index (χ0v) is 28.7. The molecule has 2 heterocycles. The van der Waals surface area contributed by atoms with Gasteiger partial charge in [-0.25, -0.2) is 0 Å². The minimum atomic E-state index is 0.863. The molecule has 3 heteroatoms. The lowest BCUT2D eigenvalue weighted by Gasteiger charge is -2.26. The van der Waals surface area contributed by atoms with E-state index in [4.69, 9.17) is 8.83 Å². The van der Waals surface area contributed by atoms with Gasteiger partial charge < -0.3 is 13.7 Å². The Morgan fingerprint density at radius 1 is 0.321 bits per heavy atom. The van der Waals surface area contributed by atoms with Gasteiger partial charge in [-0.05, 0) is 87.6 Å². The highest BCUT2D eigenvalue weighted by Crippen LogP contribution is 2.46. The quantitative estimate of drug-likeness (QED) is 0.182. The Morgan fingerprint density at radius 2 is 0.830 bits per heavy atom. The number of nitrogens with zero attached hydrogens (tertiary/aromatic N) is 1. The van der Waals surface area contributed by atoms with Crippen LogP contribution in [0.5, 0.6) is 0 Å². The third-order valence-electron chi connectivity index (χ3n) is 10.7. The molecule has 0 atom stereocenters. The highest BCUT2D eigenvalue weighted by Gasteiger charge is 2.21. The fourth-order valence-corrected chi connectivity index (χ4v) is 8.17. The van der Waals surface area contributed by atoms with E-state index in [2.05, 4.69) is 193 Å². The van der Waals surface area contributed by atoms with Crippen molar-refractivity contribution in [2.45, 2.75) is 0 Å². The van der Waals surface area contributed by atoms with E-state index in [-0.39, 0.29) is 0 Å². The molecule has 0 radical (unpaired) electrons. The maximum atomic E-state index is 6.64. The molecule has 3 nitrogen and oxygen atoms in total. The van der Waals surface area contributed by atoms with Crippen LogP contribution in [0, 0.1) is 0 Å². The van der Waals surface area contributed by atoms with Crippen molar-refractivity contribution in [3.63, 3.8) is 0 Å². The summed E-state index contributed by atoms with van der Waals surface area (Å²) in [5.74, 6) is 0. The first-order chi connectivity index (χ1) is 26.3. The fourth-order valence-electron chi connectivity index (χ4n) is 8.17. The SMILES string of the molecule is c1ccc(-c2ccc(N(c3ccc(-c4cccc5oc6c7ccccc7ccc6c45)cc3)c3cccc4oc5c6ccccc6ccc5c34)cc2)cc1. The van der Waals surface area contributed by atoms with Gasteiger partial charge in [0.05, 0.1) is 11.1 Å². The Labute approximate surface area is 305 Å². The Hall–Kier alpha value is -7.10. The van der Waals surface area contributed by atoms with Crippen LogP contribution < -0.4 is 4.90 Å². The summed E-state index contributed by atoms with van der Waals surface area (Å²) in [6.07, 6.45) is 0. The lowest BCUT2D eigenvalue weighted by molar-refractivity contribution is 0.672. The van der Waals surface area contributed by atoms with Crippen molar-refractivity contribution in [2.24, 2.45) is 0 Å². The minimum Gasteiger partial charge on any atom is -0.455 e. The van der Waals surface area contributed by atoms with Crippen molar-refractivity contribution in [1.82, 2.24) is 0 Å². The van der Waals surface area contributed by atoms with Gasteiger partial charge in [-0.3, -0.25) is 0 Å². The number of anilines is 3. The standard InChI is InChI=1S/C50H31NO2/c1-2-10-32(11-3-1)33-20-26-37(27-21-33)51(44-17-9-19-46-48(44)43-31-25-35-13-5-7-15-41(35)50(43)53-46)38-28-22-36(23-29-38)39-16-8-18-45-47(39)42-30-24-34-12-4-6-14-40(34)49(42)52-45/h1-31H. The van der Waals surface area contributed by atoms with E-state index >= 15 is 0 Å². The predicted octanol–water partition coefficient (Wildman–Crippen LogP) is 14.6. The largest absolute Gasteiger partial charge is 0.455 e. The summed E-state index contributed by atoms with van der Waals surface area (Å²) in [5.41, 5.74) is 11.4. The lowest BCUT2D eigenvalue weighted by Crippen LogP contribution is -2.10. The smallest absolute Gasteiger partial charge is 0.143 e. The van der Waals surface area contributed by atoms with Crippen molar-refractivity contribution >= 4 is 82.5 Å². The molecule has 0 aliphatic rings. The Balaban J connectivity index is 1.09. The molecule has 0 aliphatic carbocycles. The monoisotopic (exact) mass is 677 g/mol. The minimum absolute atomic E-state index is 0.863. The number of hydrogen-bond acceptors (Lipinski definition) is 3. The summed E-state index contributed by atoms with van der Waals surface area (Å²) in [6.45, 7) is 0. The topological polar surface area (TPSA) is 29.5 Å². The molecule has 11 aromatic rings. The number of benzene rings is 9.